The van der Waals surface area contributed by atoms with Gasteiger partial charge in [-0.15, -0.1) is 0 Å². The molecule has 0 aromatic heterocycles. The molecule has 1 fully saturated rings. The average Bonchev–Trinajstić information content (AvgIpc) is 2.41. The van der Waals surface area contributed by atoms with E-state index in [1.807, 2.05) is 30.0 Å². The first-order chi connectivity index (χ1) is 9.00. The number of piperidine rings is 1. The standard InChI is InChI=1S/C15H23N3O/c1-11-5-4-6-13(14(11)16)15(19)18-9-7-12(8-10-18)17(2)3/h4-6,12H,7-10,16H2,1-3H3. The second-order valence-corrected chi connectivity index (χ2v) is 5.52. The maximum atomic E-state index is 12.5. The minimum Gasteiger partial charge on any atom is -0.398 e. The zero-order chi connectivity index (χ0) is 14.0. The fourth-order valence-electron chi connectivity index (χ4n) is 2.62. The van der Waals surface area contributed by atoms with Crippen LogP contribution in [0.2, 0.25) is 0 Å². The number of rotatable bonds is 2. The Labute approximate surface area is 115 Å². The molecule has 2 rings (SSSR count). The van der Waals surface area contributed by atoms with Crippen molar-refractivity contribution in [2.75, 3.05) is 32.9 Å². The molecule has 1 heterocycles. The van der Waals surface area contributed by atoms with Crippen LogP contribution in [0.1, 0.15) is 28.8 Å². The number of amides is 1. The van der Waals surface area contributed by atoms with Crippen molar-refractivity contribution in [3.63, 3.8) is 0 Å². The summed E-state index contributed by atoms with van der Waals surface area (Å²) >= 11 is 0. The lowest BCUT2D eigenvalue weighted by atomic mass is 10.0. The first-order valence-corrected chi connectivity index (χ1v) is 6.81. The van der Waals surface area contributed by atoms with E-state index in [0.717, 1.165) is 31.5 Å². The third kappa shape index (κ3) is 2.89. The van der Waals surface area contributed by atoms with Gasteiger partial charge in [-0.3, -0.25) is 4.79 Å². The van der Waals surface area contributed by atoms with Crippen LogP contribution < -0.4 is 5.73 Å². The molecule has 19 heavy (non-hydrogen) atoms. The molecule has 0 spiro atoms. The molecule has 4 heteroatoms. The van der Waals surface area contributed by atoms with Crippen LogP contribution in [0.15, 0.2) is 18.2 Å². The molecule has 1 aromatic carbocycles. The number of carbonyl (C=O) groups is 1. The molecule has 4 nitrogen and oxygen atoms in total. The monoisotopic (exact) mass is 261 g/mol. The van der Waals surface area contributed by atoms with E-state index in [0.29, 0.717) is 17.3 Å². The summed E-state index contributed by atoms with van der Waals surface area (Å²) in [7, 11) is 4.20. The highest BCUT2D eigenvalue weighted by molar-refractivity contribution is 5.99. The summed E-state index contributed by atoms with van der Waals surface area (Å²) < 4.78 is 0. The van der Waals surface area contributed by atoms with Gasteiger partial charge in [0.05, 0.1) is 5.56 Å². The molecule has 1 aliphatic heterocycles. The van der Waals surface area contributed by atoms with Gasteiger partial charge in [0, 0.05) is 24.8 Å². The van der Waals surface area contributed by atoms with E-state index in [9.17, 15) is 4.79 Å². The Hall–Kier alpha value is -1.55. The minimum atomic E-state index is 0.0680. The highest BCUT2D eigenvalue weighted by Gasteiger charge is 2.25. The SMILES string of the molecule is Cc1cccc(C(=O)N2CCC(N(C)C)CC2)c1N. The van der Waals surface area contributed by atoms with Crippen LogP contribution in [0.3, 0.4) is 0 Å². The number of carbonyl (C=O) groups excluding carboxylic acids is 1. The second-order valence-electron chi connectivity index (χ2n) is 5.52. The largest absolute Gasteiger partial charge is 0.398 e. The maximum Gasteiger partial charge on any atom is 0.255 e. The number of aryl methyl sites for hydroxylation is 1. The fourth-order valence-corrected chi connectivity index (χ4v) is 2.62. The van der Waals surface area contributed by atoms with Crippen molar-refractivity contribution in [2.45, 2.75) is 25.8 Å². The third-order valence-corrected chi connectivity index (χ3v) is 4.04. The van der Waals surface area contributed by atoms with Crippen LogP contribution in [-0.2, 0) is 0 Å². The Bertz CT molecular complexity index is 462. The first-order valence-electron chi connectivity index (χ1n) is 6.81. The van der Waals surface area contributed by atoms with Crippen molar-refractivity contribution in [2.24, 2.45) is 0 Å². The number of benzene rings is 1. The number of nitrogens with two attached hydrogens (primary N) is 1. The van der Waals surface area contributed by atoms with Gasteiger partial charge in [0.15, 0.2) is 0 Å². The van der Waals surface area contributed by atoms with Gasteiger partial charge < -0.3 is 15.5 Å². The highest BCUT2D eigenvalue weighted by Crippen LogP contribution is 2.21. The molecule has 1 aromatic rings. The highest BCUT2D eigenvalue weighted by atomic mass is 16.2. The third-order valence-electron chi connectivity index (χ3n) is 4.04. The molecule has 104 valence electrons. The number of hydrogen-bond donors (Lipinski definition) is 1. The summed E-state index contributed by atoms with van der Waals surface area (Å²) in [4.78, 5) is 16.6. The normalized spacial score (nSPS) is 16.9. The molecular formula is C15H23N3O. The molecule has 1 amide bonds. The van der Waals surface area contributed by atoms with Crippen molar-refractivity contribution in [3.8, 4) is 0 Å². The van der Waals surface area contributed by atoms with E-state index in [2.05, 4.69) is 19.0 Å². The molecule has 0 radical (unpaired) electrons. The lowest BCUT2D eigenvalue weighted by molar-refractivity contribution is 0.0664. The van der Waals surface area contributed by atoms with Crippen molar-refractivity contribution in [1.82, 2.24) is 9.80 Å². The summed E-state index contributed by atoms with van der Waals surface area (Å²) in [6.07, 6.45) is 2.06. The molecule has 0 bridgehead atoms. The van der Waals surface area contributed by atoms with E-state index >= 15 is 0 Å². The van der Waals surface area contributed by atoms with E-state index in [1.165, 1.54) is 0 Å². The van der Waals surface area contributed by atoms with Gasteiger partial charge in [-0.05, 0) is 45.5 Å². The van der Waals surface area contributed by atoms with Crippen molar-refractivity contribution in [1.29, 1.82) is 0 Å². The van der Waals surface area contributed by atoms with Gasteiger partial charge in [0.1, 0.15) is 0 Å². The smallest absolute Gasteiger partial charge is 0.255 e. The summed E-state index contributed by atoms with van der Waals surface area (Å²) in [5.41, 5.74) is 8.23. The molecule has 0 atom stereocenters. The zero-order valence-electron chi connectivity index (χ0n) is 12.0. The maximum absolute atomic E-state index is 12.5. The Morgan fingerprint density at radius 3 is 2.53 bits per heavy atom. The molecular weight excluding hydrogens is 238 g/mol. The van der Waals surface area contributed by atoms with E-state index in [1.54, 1.807) is 0 Å². The summed E-state index contributed by atoms with van der Waals surface area (Å²) in [6, 6.07) is 6.23. The second kappa shape index (κ2) is 5.61. The van der Waals surface area contributed by atoms with E-state index in [-0.39, 0.29) is 5.91 Å². The molecule has 0 aliphatic carbocycles. The molecule has 2 N–H and O–H groups in total. The van der Waals surface area contributed by atoms with Gasteiger partial charge in [0.25, 0.3) is 5.91 Å². The fraction of sp³-hybridized carbons (Fsp3) is 0.533. The van der Waals surface area contributed by atoms with E-state index < -0.39 is 0 Å². The summed E-state index contributed by atoms with van der Waals surface area (Å²) in [5.74, 6) is 0.0680. The van der Waals surface area contributed by atoms with Crippen LogP contribution in [0.4, 0.5) is 5.69 Å². The summed E-state index contributed by atoms with van der Waals surface area (Å²) in [5, 5.41) is 0. The quantitative estimate of drug-likeness (QED) is 0.825. The predicted molar refractivity (Wildman–Crippen MR) is 78.2 cm³/mol. The van der Waals surface area contributed by atoms with Gasteiger partial charge in [-0.2, -0.15) is 0 Å². The molecule has 1 saturated heterocycles. The van der Waals surface area contributed by atoms with Gasteiger partial charge >= 0.3 is 0 Å². The number of likely N-dealkylation sites (tertiary alicyclic amines) is 1. The van der Waals surface area contributed by atoms with Gasteiger partial charge in [-0.25, -0.2) is 0 Å². The molecule has 0 unspecified atom stereocenters. The van der Waals surface area contributed by atoms with Crippen molar-refractivity contribution in [3.05, 3.63) is 29.3 Å². The summed E-state index contributed by atoms with van der Waals surface area (Å²) in [6.45, 7) is 3.56. The predicted octanol–water partition coefficient (Wildman–Crippen LogP) is 1.74. The lowest BCUT2D eigenvalue weighted by Crippen LogP contribution is -2.44. The Morgan fingerprint density at radius 2 is 1.95 bits per heavy atom. The van der Waals surface area contributed by atoms with Crippen LogP contribution in [0.25, 0.3) is 0 Å². The zero-order valence-corrected chi connectivity index (χ0v) is 12.0. The Kier molecular flexibility index (Phi) is 4.10. The van der Waals surface area contributed by atoms with E-state index in [4.69, 9.17) is 5.73 Å². The van der Waals surface area contributed by atoms with Crippen molar-refractivity contribution < 1.29 is 4.79 Å². The average molecular weight is 261 g/mol. The first kappa shape index (κ1) is 13.9. The topological polar surface area (TPSA) is 49.6 Å². The lowest BCUT2D eigenvalue weighted by Gasteiger charge is -2.35. The molecule has 0 saturated carbocycles. The van der Waals surface area contributed by atoms with Crippen LogP contribution in [0, 0.1) is 6.92 Å². The van der Waals surface area contributed by atoms with Gasteiger partial charge in [-0.1, -0.05) is 12.1 Å². The Morgan fingerprint density at radius 1 is 1.32 bits per heavy atom. The van der Waals surface area contributed by atoms with Crippen molar-refractivity contribution >= 4 is 11.6 Å². The minimum absolute atomic E-state index is 0.0680. The van der Waals surface area contributed by atoms with Crippen LogP contribution >= 0.6 is 0 Å². The van der Waals surface area contributed by atoms with Gasteiger partial charge in [0.2, 0.25) is 0 Å². The van der Waals surface area contributed by atoms with Crippen LogP contribution in [-0.4, -0.2) is 48.9 Å². The number of nitrogen functional groups attached to an aromatic ring is 1. The number of anilines is 1. The van der Waals surface area contributed by atoms with Crippen LogP contribution in [0.5, 0.6) is 0 Å². The Balaban J connectivity index is 2.07. The molecule has 1 aliphatic rings. The number of hydrogen-bond acceptors (Lipinski definition) is 3. The number of para-hydroxylation sites is 1. The number of nitrogens with zero attached hydrogens (tertiary/aromatic N) is 2.